The maximum absolute atomic E-state index is 11.8. The lowest BCUT2D eigenvalue weighted by Crippen LogP contribution is -2.24. The van der Waals surface area contributed by atoms with E-state index in [1.54, 1.807) is 6.21 Å². The molecule has 0 unspecified atom stereocenters. The summed E-state index contributed by atoms with van der Waals surface area (Å²) in [5, 5.41) is 3.96. The summed E-state index contributed by atoms with van der Waals surface area (Å²) in [6.07, 6.45) is 1.58. The molecular weight excluding hydrogens is 364 g/mol. The van der Waals surface area contributed by atoms with E-state index < -0.39 is 0 Å². The van der Waals surface area contributed by atoms with E-state index in [1.165, 1.54) is 5.56 Å². The van der Waals surface area contributed by atoms with Crippen LogP contribution in [0, 0.1) is 13.8 Å². The molecule has 0 radical (unpaired) electrons. The molecule has 5 heteroatoms. The Kier molecular flexibility index (Phi) is 7.00. The molecule has 0 atom stereocenters. The van der Waals surface area contributed by atoms with E-state index in [0.29, 0.717) is 12.4 Å². The molecular formula is C24H24N2O3. The number of hydrazone groups is 1. The summed E-state index contributed by atoms with van der Waals surface area (Å²) in [4.78, 5) is 11.8. The molecule has 1 amide bonds. The van der Waals surface area contributed by atoms with Crippen molar-refractivity contribution in [2.45, 2.75) is 20.5 Å². The number of nitrogens with zero attached hydrogens (tertiary/aromatic N) is 1. The fourth-order valence-corrected chi connectivity index (χ4v) is 2.57. The number of rotatable bonds is 8. The van der Waals surface area contributed by atoms with Crippen LogP contribution >= 0.6 is 0 Å². The molecule has 0 aliphatic carbocycles. The number of hydrogen-bond acceptors (Lipinski definition) is 4. The zero-order chi connectivity index (χ0) is 20.5. The Bertz CT molecular complexity index is 964. The average Bonchev–Trinajstić information content (AvgIpc) is 2.74. The lowest BCUT2D eigenvalue weighted by Gasteiger charge is -2.07. The van der Waals surface area contributed by atoms with Crippen LogP contribution in [-0.4, -0.2) is 18.7 Å². The van der Waals surface area contributed by atoms with E-state index in [-0.39, 0.29) is 12.5 Å². The van der Waals surface area contributed by atoms with Crippen LogP contribution in [0.25, 0.3) is 0 Å². The Morgan fingerprint density at radius 3 is 2.38 bits per heavy atom. The number of ether oxygens (including phenoxy) is 2. The second-order valence-corrected chi connectivity index (χ2v) is 6.69. The zero-order valence-electron chi connectivity index (χ0n) is 16.6. The SMILES string of the molecule is Cc1ccc(COc2ccc(/C=N\NC(=O)COc3ccccc3C)cc2)cc1. The minimum atomic E-state index is -0.317. The molecule has 0 aliphatic heterocycles. The minimum Gasteiger partial charge on any atom is -0.489 e. The van der Waals surface area contributed by atoms with E-state index in [1.807, 2.05) is 55.5 Å². The Morgan fingerprint density at radius 2 is 1.66 bits per heavy atom. The van der Waals surface area contributed by atoms with E-state index in [2.05, 4.69) is 41.7 Å². The van der Waals surface area contributed by atoms with Gasteiger partial charge in [0.2, 0.25) is 0 Å². The fraction of sp³-hybridized carbons (Fsp3) is 0.167. The van der Waals surface area contributed by atoms with Gasteiger partial charge in [0.15, 0.2) is 6.61 Å². The number of carbonyl (C=O) groups is 1. The standard InChI is InChI=1S/C24H24N2O3/c1-18-7-9-21(10-8-18)16-28-22-13-11-20(12-14-22)15-25-26-24(27)17-29-23-6-4-3-5-19(23)2/h3-15H,16-17H2,1-2H3,(H,26,27)/b25-15-. The van der Waals surface area contributed by atoms with Gasteiger partial charge in [0.1, 0.15) is 18.1 Å². The van der Waals surface area contributed by atoms with Crippen LogP contribution in [0.5, 0.6) is 11.5 Å². The van der Waals surface area contributed by atoms with Gasteiger partial charge in [-0.2, -0.15) is 5.10 Å². The van der Waals surface area contributed by atoms with Crippen molar-refractivity contribution in [3.8, 4) is 11.5 Å². The molecule has 0 spiro atoms. The number of benzene rings is 3. The second-order valence-electron chi connectivity index (χ2n) is 6.69. The van der Waals surface area contributed by atoms with Gasteiger partial charge >= 0.3 is 0 Å². The molecule has 0 bridgehead atoms. The molecule has 0 heterocycles. The van der Waals surface area contributed by atoms with Crippen LogP contribution in [0.2, 0.25) is 0 Å². The first kappa shape index (κ1) is 20.1. The molecule has 0 aliphatic rings. The van der Waals surface area contributed by atoms with Gasteiger partial charge in [-0.1, -0.05) is 48.0 Å². The van der Waals surface area contributed by atoms with Crippen molar-refractivity contribution >= 4 is 12.1 Å². The molecule has 3 aromatic rings. The third kappa shape index (κ3) is 6.50. The Balaban J connectivity index is 1.42. The van der Waals surface area contributed by atoms with Crippen LogP contribution in [0.3, 0.4) is 0 Å². The first-order valence-corrected chi connectivity index (χ1v) is 9.39. The van der Waals surface area contributed by atoms with E-state index >= 15 is 0 Å². The van der Waals surface area contributed by atoms with Gasteiger partial charge in [-0.3, -0.25) is 4.79 Å². The van der Waals surface area contributed by atoms with Gasteiger partial charge in [-0.25, -0.2) is 5.43 Å². The molecule has 0 saturated carbocycles. The third-order valence-corrected chi connectivity index (χ3v) is 4.26. The normalized spacial score (nSPS) is 10.7. The fourth-order valence-electron chi connectivity index (χ4n) is 2.57. The maximum atomic E-state index is 11.8. The summed E-state index contributed by atoms with van der Waals surface area (Å²) in [6, 6.07) is 23.3. The lowest BCUT2D eigenvalue weighted by molar-refractivity contribution is -0.123. The van der Waals surface area contributed by atoms with E-state index in [9.17, 15) is 4.79 Å². The number of amides is 1. The van der Waals surface area contributed by atoms with Crippen LogP contribution < -0.4 is 14.9 Å². The maximum Gasteiger partial charge on any atom is 0.277 e. The van der Waals surface area contributed by atoms with Crippen molar-refractivity contribution in [2.75, 3.05) is 6.61 Å². The summed E-state index contributed by atoms with van der Waals surface area (Å²) in [5.74, 6) is 1.15. The highest BCUT2D eigenvalue weighted by atomic mass is 16.5. The predicted molar refractivity (Wildman–Crippen MR) is 114 cm³/mol. The largest absolute Gasteiger partial charge is 0.489 e. The summed E-state index contributed by atoms with van der Waals surface area (Å²) in [7, 11) is 0. The van der Waals surface area contributed by atoms with E-state index in [4.69, 9.17) is 9.47 Å². The quantitative estimate of drug-likeness (QED) is 0.459. The van der Waals surface area contributed by atoms with Gasteiger partial charge in [-0.15, -0.1) is 0 Å². The number of aryl methyl sites for hydroxylation is 2. The van der Waals surface area contributed by atoms with Gasteiger partial charge in [-0.05, 0) is 60.9 Å². The van der Waals surface area contributed by atoms with Gasteiger partial charge in [0.05, 0.1) is 6.21 Å². The van der Waals surface area contributed by atoms with Crippen molar-refractivity contribution in [3.05, 3.63) is 95.1 Å². The van der Waals surface area contributed by atoms with Crippen LogP contribution in [-0.2, 0) is 11.4 Å². The third-order valence-electron chi connectivity index (χ3n) is 4.26. The topological polar surface area (TPSA) is 59.9 Å². The Morgan fingerprint density at radius 1 is 0.931 bits per heavy atom. The van der Waals surface area contributed by atoms with Crippen molar-refractivity contribution in [1.82, 2.24) is 5.43 Å². The Hall–Kier alpha value is -3.60. The molecule has 5 nitrogen and oxygen atoms in total. The Labute approximate surface area is 171 Å². The summed E-state index contributed by atoms with van der Waals surface area (Å²) in [5.41, 5.74) is 6.65. The van der Waals surface area contributed by atoms with Crippen LogP contribution in [0.1, 0.15) is 22.3 Å². The molecule has 3 rings (SSSR count). The lowest BCUT2D eigenvalue weighted by atomic mass is 10.2. The summed E-state index contributed by atoms with van der Waals surface area (Å²) in [6.45, 7) is 4.42. The first-order chi connectivity index (χ1) is 14.1. The number of hydrogen-bond donors (Lipinski definition) is 1. The van der Waals surface area contributed by atoms with Crippen molar-refractivity contribution in [2.24, 2.45) is 5.10 Å². The van der Waals surface area contributed by atoms with Crippen molar-refractivity contribution in [3.63, 3.8) is 0 Å². The first-order valence-electron chi connectivity index (χ1n) is 9.39. The highest BCUT2D eigenvalue weighted by Crippen LogP contribution is 2.16. The monoisotopic (exact) mass is 388 g/mol. The molecule has 0 aromatic heterocycles. The van der Waals surface area contributed by atoms with Crippen LogP contribution in [0.4, 0.5) is 0 Å². The average molecular weight is 388 g/mol. The van der Waals surface area contributed by atoms with Gasteiger partial charge < -0.3 is 9.47 Å². The number of nitrogens with one attached hydrogen (secondary N) is 1. The summed E-state index contributed by atoms with van der Waals surface area (Å²) >= 11 is 0. The molecule has 3 aromatic carbocycles. The highest BCUT2D eigenvalue weighted by molar-refractivity contribution is 5.83. The van der Waals surface area contributed by atoms with Crippen molar-refractivity contribution in [1.29, 1.82) is 0 Å². The van der Waals surface area contributed by atoms with Gasteiger partial charge in [0.25, 0.3) is 5.91 Å². The van der Waals surface area contributed by atoms with Crippen molar-refractivity contribution < 1.29 is 14.3 Å². The second kappa shape index (κ2) is 10.1. The number of para-hydroxylation sites is 1. The van der Waals surface area contributed by atoms with E-state index in [0.717, 1.165) is 22.4 Å². The number of carbonyl (C=O) groups excluding carboxylic acids is 1. The minimum absolute atomic E-state index is 0.0893. The molecule has 148 valence electrons. The van der Waals surface area contributed by atoms with Gasteiger partial charge in [0, 0.05) is 0 Å². The molecule has 1 N–H and O–H groups in total. The van der Waals surface area contributed by atoms with Crippen LogP contribution in [0.15, 0.2) is 77.9 Å². The molecule has 0 fully saturated rings. The predicted octanol–water partition coefficient (Wildman–Crippen LogP) is 4.41. The zero-order valence-corrected chi connectivity index (χ0v) is 16.6. The molecule has 29 heavy (non-hydrogen) atoms. The molecule has 0 saturated heterocycles. The summed E-state index contributed by atoms with van der Waals surface area (Å²) < 4.78 is 11.3. The smallest absolute Gasteiger partial charge is 0.277 e. The highest BCUT2D eigenvalue weighted by Gasteiger charge is 2.03.